The highest BCUT2D eigenvalue weighted by atomic mass is 16.6. The molecule has 0 saturated carbocycles. The van der Waals surface area contributed by atoms with E-state index in [4.69, 9.17) is 9.47 Å². The highest BCUT2D eigenvalue weighted by Crippen LogP contribution is 2.14. The van der Waals surface area contributed by atoms with Gasteiger partial charge in [0.15, 0.2) is 0 Å². The van der Waals surface area contributed by atoms with Gasteiger partial charge in [0.05, 0.1) is 25.9 Å². The van der Waals surface area contributed by atoms with E-state index in [2.05, 4.69) is 13.2 Å². The normalized spacial score (nSPS) is 12.3. The number of carbonyl (C=O) groups is 1. The lowest BCUT2D eigenvalue weighted by molar-refractivity contribution is 0.0160. The molecule has 0 aromatic heterocycles. The number of ether oxygens (including phenoxy) is 2. The van der Waals surface area contributed by atoms with Crippen LogP contribution in [-0.2, 0) is 16.1 Å². The van der Waals surface area contributed by atoms with Gasteiger partial charge in [0, 0.05) is 6.54 Å². The van der Waals surface area contributed by atoms with E-state index in [0.717, 1.165) is 5.56 Å². The summed E-state index contributed by atoms with van der Waals surface area (Å²) in [5.74, 6) is 0. The van der Waals surface area contributed by atoms with Crippen molar-refractivity contribution in [1.82, 2.24) is 4.90 Å². The van der Waals surface area contributed by atoms with Gasteiger partial charge in [-0.25, -0.2) is 4.79 Å². The molecule has 5 nitrogen and oxygen atoms in total. The van der Waals surface area contributed by atoms with Crippen molar-refractivity contribution >= 4 is 6.09 Å². The van der Waals surface area contributed by atoms with E-state index in [1.165, 1.54) is 11.0 Å². The van der Waals surface area contributed by atoms with Crippen LogP contribution in [0.5, 0.6) is 0 Å². The van der Waals surface area contributed by atoms with Gasteiger partial charge in [-0.3, -0.25) is 4.90 Å². The zero-order chi connectivity index (χ0) is 18.9. The van der Waals surface area contributed by atoms with Crippen LogP contribution in [0.1, 0.15) is 26.3 Å². The summed E-state index contributed by atoms with van der Waals surface area (Å²) in [6, 6.07) is 9.28. The Hall–Kier alpha value is -2.11. The first kappa shape index (κ1) is 20.9. The number of hydrogen-bond donors (Lipinski definition) is 1. The number of rotatable bonds is 9. The van der Waals surface area contributed by atoms with Crippen molar-refractivity contribution in [2.75, 3.05) is 19.8 Å². The molecule has 1 rings (SSSR count). The second kappa shape index (κ2) is 10.0. The molecule has 1 N–H and O–H groups in total. The van der Waals surface area contributed by atoms with Gasteiger partial charge in [0.2, 0.25) is 0 Å². The van der Waals surface area contributed by atoms with Gasteiger partial charge in [-0.2, -0.15) is 0 Å². The molecule has 25 heavy (non-hydrogen) atoms. The Bertz CT molecular complexity index is 563. The second-order valence-corrected chi connectivity index (χ2v) is 6.82. The molecule has 0 bridgehead atoms. The first-order valence-corrected chi connectivity index (χ1v) is 8.28. The predicted molar refractivity (Wildman–Crippen MR) is 99.2 cm³/mol. The molecule has 0 saturated heterocycles. The van der Waals surface area contributed by atoms with Gasteiger partial charge in [0.25, 0.3) is 0 Å². The number of amides is 1. The van der Waals surface area contributed by atoms with Crippen molar-refractivity contribution in [3.63, 3.8) is 0 Å². The molecule has 1 atom stereocenters. The summed E-state index contributed by atoms with van der Waals surface area (Å²) >= 11 is 0. The summed E-state index contributed by atoms with van der Waals surface area (Å²) in [6.45, 7) is 13.8. The number of carbonyl (C=O) groups excluding carboxylic acids is 1. The lowest BCUT2D eigenvalue weighted by Crippen LogP contribution is -2.45. The van der Waals surface area contributed by atoms with Gasteiger partial charge in [-0.05, 0) is 31.9 Å². The van der Waals surface area contributed by atoms with Gasteiger partial charge < -0.3 is 14.6 Å². The average molecular weight is 347 g/mol. The lowest BCUT2D eigenvalue weighted by Gasteiger charge is -2.31. The highest BCUT2D eigenvalue weighted by Gasteiger charge is 2.27. The smallest absolute Gasteiger partial charge is 0.411 e. The van der Waals surface area contributed by atoms with Crippen molar-refractivity contribution in [3.8, 4) is 0 Å². The minimum Gasteiger partial charge on any atom is -0.444 e. The molecule has 138 valence electrons. The van der Waals surface area contributed by atoms with Gasteiger partial charge in [-0.1, -0.05) is 43.0 Å². The standard InChI is InChI=1S/C20H29NO4/c1-6-18(13-22)21(19(23)25-20(3,4)5)12-16(2)14-24-15-17-10-8-7-9-11-17/h6-11,18,22H,1-2,12-15H2,3-5H3/t18-/m1/s1. The fourth-order valence-corrected chi connectivity index (χ4v) is 2.11. The largest absolute Gasteiger partial charge is 0.444 e. The lowest BCUT2D eigenvalue weighted by atomic mass is 10.2. The Morgan fingerprint density at radius 1 is 1.32 bits per heavy atom. The predicted octanol–water partition coefficient (Wildman–Crippen LogP) is 3.54. The summed E-state index contributed by atoms with van der Waals surface area (Å²) in [7, 11) is 0. The molecule has 1 amide bonds. The fourth-order valence-electron chi connectivity index (χ4n) is 2.11. The number of hydrogen-bond acceptors (Lipinski definition) is 4. The Labute approximate surface area is 150 Å². The van der Waals surface area contributed by atoms with E-state index in [1.807, 2.05) is 30.3 Å². The summed E-state index contributed by atoms with van der Waals surface area (Å²) in [6.07, 6.45) is 0.998. The van der Waals surface area contributed by atoms with Crippen LogP contribution in [-0.4, -0.2) is 47.5 Å². The Morgan fingerprint density at radius 2 is 1.96 bits per heavy atom. The molecular formula is C20H29NO4. The van der Waals surface area contributed by atoms with Crippen LogP contribution in [0, 0.1) is 0 Å². The average Bonchev–Trinajstić information content (AvgIpc) is 2.54. The topological polar surface area (TPSA) is 59.0 Å². The van der Waals surface area contributed by atoms with Crippen LogP contribution in [0.2, 0.25) is 0 Å². The zero-order valence-electron chi connectivity index (χ0n) is 15.4. The van der Waals surface area contributed by atoms with Crippen LogP contribution in [0.15, 0.2) is 55.1 Å². The molecule has 1 aromatic rings. The number of benzene rings is 1. The van der Waals surface area contributed by atoms with Crippen molar-refractivity contribution < 1.29 is 19.4 Å². The fraction of sp³-hybridized carbons (Fsp3) is 0.450. The maximum Gasteiger partial charge on any atom is 0.411 e. The third kappa shape index (κ3) is 8.01. The SMILES string of the molecule is C=C[C@H](CO)N(CC(=C)COCc1ccccc1)C(=O)OC(C)(C)C. The van der Waals surface area contributed by atoms with Crippen LogP contribution >= 0.6 is 0 Å². The van der Waals surface area contributed by atoms with E-state index in [9.17, 15) is 9.90 Å². The van der Waals surface area contributed by atoms with Crippen LogP contribution in [0.25, 0.3) is 0 Å². The minimum atomic E-state index is -0.623. The van der Waals surface area contributed by atoms with Crippen molar-refractivity contribution in [2.24, 2.45) is 0 Å². The molecular weight excluding hydrogens is 318 g/mol. The number of nitrogens with zero attached hydrogens (tertiary/aromatic N) is 1. The monoisotopic (exact) mass is 347 g/mol. The molecule has 0 unspecified atom stereocenters. The van der Waals surface area contributed by atoms with E-state index in [0.29, 0.717) is 18.8 Å². The van der Waals surface area contributed by atoms with E-state index >= 15 is 0 Å². The third-order valence-corrected chi connectivity index (χ3v) is 3.30. The van der Waals surface area contributed by atoms with E-state index in [-0.39, 0.29) is 13.2 Å². The van der Waals surface area contributed by atoms with Crippen LogP contribution < -0.4 is 0 Å². The number of aliphatic hydroxyl groups is 1. The number of aliphatic hydroxyl groups excluding tert-OH is 1. The van der Waals surface area contributed by atoms with E-state index in [1.54, 1.807) is 20.8 Å². The molecule has 0 fully saturated rings. The van der Waals surface area contributed by atoms with Gasteiger partial charge in [0.1, 0.15) is 5.60 Å². The molecule has 1 aromatic carbocycles. The molecule has 0 aliphatic carbocycles. The Kier molecular flexibility index (Phi) is 8.38. The minimum absolute atomic E-state index is 0.223. The molecule has 0 radical (unpaired) electrons. The quantitative estimate of drug-likeness (QED) is 0.694. The molecule has 0 spiro atoms. The summed E-state index contributed by atoms with van der Waals surface area (Å²) in [4.78, 5) is 13.8. The maximum atomic E-state index is 12.4. The van der Waals surface area contributed by atoms with Crippen molar-refractivity contribution in [3.05, 3.63) is 60.7 Å². The molecule has 0 aliphatic heterocycles. The highest BCUT2D eigenvalue weighted by molar-refractivity contribution is 5.69. The zero-order valence-corrected chi connectivity index (χ0v) is 15.4. The molecule has 0 heterocycles. The summed E-state index contributed by atoms with van der Waals surface area (Å²) in [5.41, 5.74) is 1.16. The van der Waals surface area contributed by atoms with Crippen LogP contribution in [0.4, 0.5) is 4.79 Å². The van der Waals surface area contributed by atoms with E-state index < -0.39 is 17.7 Å². The summed E-state index contributed by atoms with van der Waals surface area (Å²) < 4.78 is 11.0. The maximum absolute atomic E-state index is 12.4. The first-order valence-electron chi connectivity index (χ1n) is 8.28. The second-order valence-electron chi connectivity index (χ2n) is 6.82. The first-order chi connectivity index (χ1) is 11.8. The summed E-state index contributed by atoms with van der Waals surface area (Å²) in [5, 5.41) is 9.50. The third-order valence-electron chi connectivity index (χ3n) is 3.30. The van der Waals surface area contributed by atoms with Crippen molar-refractivity contribution in [1.29, 1.82) is 0 Å². The Balaban J connectivity index is 2.61. The van der Waals surface area contributed by atoms with Crippen LogP contribution in [0.3, 0.4) is 0 Å². The van der Waals surface area contributed by atoms with Gasteiger partial charge >= 0.3 is 6.09 Å². The Morgan fingerprint density at radius 3 is 2.48 bits per heavy atom. The molecule has 5 heteroatoms. The van der Waals surface area contributed by atoms with Crippen molar-refractivity contribution in [2.45, 2.75) is 39.0 Å². The van der Waals surface area contributed by atoms with Gasteiger partial charge in [-0.15, -0.1) is 6.58 Å². The molecule has 0 aliphatic rings.